The summed E-state index contributed by atoms with van der Waals surface area (Å²) in [4.78, 5) is 23.0. The van der Waals surface area contributed by atoms with Crippen molar-refractivity contribution in [2.24, 2.45) is 0 Å². The van der Waals surface area contributed by atoms with Crippen LogP contribution in [-0.2, 0) is 4.79 Å². The quantitative estimate of drug-likeness (QED) is 0.639. The zero-order valence-corrected chi connectivity index (χ0v) is 10.8. The summed E-state index contributed by atoms with van der Waals surface area (Å²) in [6.07, 6.45) is 0.392. The van der Waals surface area contributed by atoms with Crippen LogP contribution in [0.1, 0.15) is 12.0 Å². The number of hydrogen-bond donors (Lipinski definition) is 1. The minimum Gasteiger partial charge on any atom is -0.384 e. The molecule has 1 amide bonds. The largest absolute Gasteiger partial charge is 0.384 e. The van der Waals surface area contributed by atoms with Crippen LogP contribution in [0.4, 0.5) is 11.4 Å². The van der Waals surface area contributed by atoms with Gasteiger partial charge < -0.3 is 10.2 Å². The van der Waals surface area contributed by atoms with E-state index in [2.05, 4.69) is 5.32 Å². The summed E-state index contributed by atoms with van der Waals surface area (Å²) >= 11 is 0. The van der Waals surface area contributed by atoms with Crippen molar-refractivity contribution in [2.75, 3.05) is 26.0 Å². The Morgan fingerprint density at radius 1 is 1.44 bits per heavy atom. The van der Waals surface area contributed by atoms with Crippen LogP contribution in [0.25, 0.3) is 0 Å². The highest BCUT2D eigenvalue weighted by Gasteiger charge is 2.08. The molecule has 0 aliphatic heterocycles. The number of benzene rings is 1. The third kappa shape index (κ3) is 3.73. The van der Waals surface area contributed by atoms with Gasteiger partial charge in [-0.15, -0.1) is 0 Å². The van der Waals surface area contributed by atoms with E-state index in [0.29, 0.717) is 13.0 Å². The molecule has 6 heteroatoms. The number of anilines is 1. The highest BCUT2D eigenvalue weighted by atomic mass is 16.6. The molecule has 0 unspecified atom stereocenters. The summed E-state index contributed by atoms with van der Waals surface area (Å²) in [5, 5.41) is 13.7. The van der Waals surface area contributed by atoms with Gasteiger partial charge in [0, 0.05) is 44.9 Å². The van der Waals surface area contributed by atoms with Crippen molar-refractivity contribution in [1.29, 1.82) is 0 Å². The van der Waals surface area contributed by atoms with Crippen molar-refractivity contribution in [1.82, 2.24) is 4.90 Å². The van der Waals surface area contributed by atoms with E-state index in [-0.39, 0.29) is 11.6 Å². The lowest BCUT2D eigenvalue weighted by Crippen LogP contribution is -2.24. The Morgan fingerprint density at radius 3 is 2.61 bits per heavy atom. The number of nitro groups is 1. The number of hydrogen-bond acceptors (Lipinski definition) is 4. The third-order valence-corrected chi connectivity index (χ3v) is 2.57. The van der Waals surface area contributed by atoms with Crippen LogP contribution < -0.4 is 5.32 Å². The molecule has 1 aromatic rings. The Bertz CT molecular complexity index is 458. The number of carbonyl (C=O) groups is 1. The van der Waals surface area contributed by atoms with Gasteiger partial charge in [0.05, 0.1) is 4.92 Å². The van der Waals surface area contributed by atoms with Gasteiger partial charge in [-0.1, -0.05) is 0 Å². The molecule has 1 rings (SSSR count). The second-order valence-electron chi connectivity index (χ2n) is 4.22. The highest BCUT2D eigenvalue weighted by Crippen LogP contribution is 2.20. The van der Waals surface area contributed by atoms with Gasteiger partial charge in [0.2, 0.25) is 5.91 Å². The first-order valence-corrected chi connectivity index (χ1v) is 5.61. The average Bonchev–Trinajstić information content (AvgIpc) is 2.30. The molecule has 1 aromatic carbocycles. The topological polar surface area (TPSA) is 75.5 Å². The lowest BCUT2D eigenvalue weighted by molar-refractivity contribution is -0.384. The van der Waals surface area contributed by atoms with Crippen molar-refractivity contribution in [3.63, 3.8) is 0 Å². The van der Waals surface area contributed by atoms with E-state index in [9.17, 15) is 14.9 Å². The second-order valence-corrected chi connectivity index (χ2v) is 4.22. The van der Waals surface area contributed by atoms with Gasteiger partial charge in [-0.2, -0.15) is 0 Å². The van der Waals surface area contributed by atoms with Crippen LogP contribution in [0, 0.1) is 17.0 Å². The molecule has 0 aliphatic carbocycles. The first kappa shape index (κ1) is 14.0. The van der Waals surface area contributed by atoms with Gasteiger partial charge in [0.25, 0.3) is 5.69 Å². The highest BCUT2D eigenvalue weighted by molar-refractivity contribution is 5.76. The van der Waals surface area contributed by atoms with E-state index >= 15 is 0 Å². The Kier molecular flexibility index (Phi) is 4.65. The summed E-state index contributed by atoms with van der Waals surface area (Å²) in [5.41, 5.74) is 1.68. The van der Waals surface area contributed by atoms with Crippen molar-refractivity contribution in [3.8, 4) is 0 Å². The van der Waals surface area contributed by atoms with Gasteiger partial charge in [-0.25, -0.2) is 0 Å². The molecular formula is C12H17N3O3. The Morgan fingerprint density at radius 2 is 2.11 bits per heavy atom. The van der Waals surface area contributed by atoms with E-state index in [4.69, 9.17) is 0 Å². The molecule has 98 valence electrons. The molecule has 0 aromatic heterocycles. The fourth-order valence-electron chi connectivity index (χ4n) is 1.49. The Balaban J connectivity index is 2.58. The van der Waals surface area contributed by atoms with Crippen LogP contribution in [0.15, 0.2) is 18.2 Å². The van der Waals surface area contributed by atoms with Crippen molar-refractivity contribution < 1.29 is 9.72 Å². The number of aryl methyl sites for hydroxylation is 1. The summed E-state index contributed by atoms with van der Waals surface area (Å²) in [6, 6.07) is 4.62. The lowest BCUT2D eigenvalue weighted by Gasteiger charge is -2.12. The molecule has 1 N–H and O–H groups in total. The first-order valence-electron chi connectivity index (χ1n) is 5.61. The summed E-state index contributed by atoms with van der Waals surface area (Å²) < 4.78 is 0. The third-order valence-electron chi connectivity index (χ3n) is 2.57. The fourth-order valence-corrected chi connectivity index (χ4v) is 1.49. The van der Waals surface area contributed by atoms with Gasteiger partial charge in [0.15, 0.2) is 0 Å². The summed E-state index contributed by atoms with van der Waals surface area (Å²) in [6.45, 7) is 2.30. The van der Waals surface area contributed by atoms with Gasteiger partial charge in [0.1, 0.15) is 0 Å². The van der Waals surface area contributed by atoms with E-state index < -0.39 is 4.92 Å². The van der Waals surface area contributed by atoms with Crippen LogP contribution in [0.5, 0.6) is 0 Å². The van der Waals surface area contributed by atoms with E-state index in [1.165, 1.54) is 17.0 Å². The smallest absolute Gasteiger partial charge is 0.269 e. The molecule has 0 spiro atoms. The maximum Gasteiger partial charge on any atom is 0.269 e. The molecule has 0 bridgehead atoms. The molecule has 0 heterocycles. The number of nitrogens with zero attached hydrogens (tertiary/aromatic N) is 2. The molecule has 18 heavy (non-hydrogen) atoms. The normalized spacial score (nSPS) is 9.94. The predicted octanol–water partition coefficient (Wildman–Crippen LogP) is 1.79. The molecular weight excluding hydrogens is 234 g/mol. The van der Waals surface area contributed by atoms with Crippen LogP contribution in [0.3, 0.4) is 0 Å². The molecule has 0 saturated heterocycles. The lowest BCUT2D eigenvalue weighted by atomic mass is 10.2. The Hall–Kier alpha value is -2.11. The number of nitro benzene ring substituents is 1. The monoisotopic (exact) mass is 251 g/mol. The minimum atomic E-state index is -0.424. The van der Waals surface area contributed by atoms with Crippen molar-refractivity contribution in [3.05, 3.63) is 33.9 Å². The first-order chi connectivity index (χ1) is 8.41. The predicted molar refractivity (Wildman–Crippen MR) is 69.6 cm³/mol. The maximum atomic E-state index is 11.4. The molecule has 0 radical (unpaired) electrons. The van der Waals surface area contributed by atoms with Crippen molar-refractivity contribution in [2.45, 2.75) is 13.3 Å². The van der Waals surface area contributed by atoms with Gasteiger partial charge in [-0.3, -0.25) is 14.9 Å². The number of rotatable bonds is 5. The number of amides is 1. The molecule has 6 nitrogen and oxygen atoms in total. The van der Waals surface area contributed by atoms with Gasteiger partial charge >= 0.3 is 0 Å². The molecule has 0 saturated carbocycles. The molecule has 0 aliphatic rings. The van der Waals surface area contributed by atoms with Crippen molar-refractivity contribution >= 4 is 17.3 Å². The fraction of sp³-hybridized carbons (Fsp3) is 0.417. The summed E-state index contributed by atoms with van der Waals surface area (Å²) in [5.74, 6) is 0.0436. The second kappa shape index (κ2) is 6.00. The van der Waals surface area contributed by atoms with Gasteiger partial charge in [-0.05, 0) is 18.6 Å². The standard InChI is InChI=1S/C12H17N3O3/c1-9-8-10(15(17)18)4-5-11(9)13-7-6-12(16)14(2)3/h4-5,8,13H,6-7H2,1-3H3. The number of nitrogens with one attached hydrogen (secondary N) is 1. The SMILES string of the molecule is Cc1cc([N+](=O)[O-])ccc1NCCC(=O)N(C)C. The van der Waals surface area contributed by atoms with Crippen LogP contribution >= 0.6 is 0 Å². The van der Waals surface area contributed by atoms with E-state index in [0.717, 1.165) is 11.3 Å². The van der Waals surface area contributed by atoms with Crippen LogP contribution in [-0.4, -0.2) is 36.4 Å². The van der Waals surface area contributed by atoms with E-state index in [1.54, 1.807) is 27.1 Å². The average molecular weight is 251 g/mol. The van der Waals surface area contributed by atoms with E-state index in [1.807, 2.05) is 0 Å². The maximum absolute atomic E-state index is 11.4. The zero-order chi connectivity index (χ0) is 13.7. The van der Waals surface area contributed by atoms with Crippen LogP contribution in [0.2, 0.25) is 0 Å². The number of non-ortho nitro benzene ring substituents is 1. The molecule has 0 fully saturated rings. The summed E-state index contributed by atoms with van der Waals surface area (Å²) in [7, 11) is 3.42. The minimum absolute atomic E-state index is 0.0436. The zero-order valence-electron chi connectivity index (χ0n) is 10.8. The number of carbonyl (C=O) groups excluding carboxylic acids is 1. The Labute approximate surface area is 106 Å². The molecule has 0 atom stereocenters.